The van der Waals surface area contributed by atoms with Crippen molar-refractivity contribution in [1.82, 2.24) is 9.72 Å². The molecule has 0 unspecified atom stereocenters. The number of nitrogens with zero attached hydrogens (tertiary/aromatic N) is 2. The van der Waals surface area contributed by atoms with Crippen LogP contribution in [0.3, 0.4) is 0 Å². The van der Waals surface area contributed by atoms with Gasteiger partial charge in [-0.25, -0.2) is 0 Å². The highest BCUT2D eigenvalue weighted by molar-refractivity contribution is 6.37. The number of rotatable bonds is 6. The van der Waals surface area contributed by atoms with Crippen molar-refractivity contribution < 1.29 is 14.4 Å². The van der Waals surface area contributed by atoms with Crippen molar-refractivity contribution in [3.8, 4) is 0 Å². The Labute approximate surface area is 142 Å². The summed E-state index contributed by atoms with van der Waals surface area (Å²) in [7, 11) is 0. The number of aryl methyl sites for hydroxylation is 2. The van der Waals surface area contributed by atoms with Gasteiger partial charge in [-0.1, -0.05) is 29.2 Å². The van der Waals surface area contributed by atoms with E-state index in [-0.39, 0.29) is 12.0 Å². The first-order valence-electron chi connectivity index (χ1n) is 7.79. The normalized spacial score (nSPS) is 11.4. The number of halogens is 1. The summed E-state index contributed by atoms with van der Waals surface area (Å²) in [5.74, 6) is -0.331. The number of carbonyl (C=O) groups is 1. The molecular formula is C17H17ClN2O4. The summed E-state index contributed by atoms with van der Waals surface area (Å²) in [5.41, 5.74) is 1.04. The van der Waals surface area contributed by atoms with E-state index >= 15 is 0 Å². The van der Waals surface area contributed by atoms with Crippen LogP contribution in [0.5, 0.6) is 0 Å². The highest BCUT2D eigenvalue weighted by atomic mass is 35.5. The number of pyridine rings is 1. The molecule has 3 rings (SSSR count). The van der Waals surface area contributed by atoms with Gasteiger partial charge in [-0.2, -0.15) is 0 Å². The monoisotopic (exact) mass is 348 g/mol. The van der Waals surface area contributed by atoms with Gasteiger partial charge in [0.15, 0.2) is 0 Å². The van der Waals surface area contributed by atoms with Crippen molar-refractivity contribution in [3.05, 3.63) is 39.3 Å². The Hall–Kier alpha value is -2.34. The minimum absolute atomic E-state index is 0.144. The topological polar surface area (TPSA) is 85.3 Å². The Morgan fingerprint density at radius 3 is 2.83 bits per heavy atom. The van der Waals surface area contributed by atoms with Crippen molar-refractivity contribution in [2.75, 3.05) is 0 Å². The van der Waals surface area contributed by atoms with Gasteiger partial charge in [0, 0.05) is 18.4 Å². The molecule has 24 heavy (non-hydrogen) atoms. The number of unbranched alkanes of at least 4 members (excludes halogenated alkanes) is 2. The first-order chi connectivity index (χ1) is 11.5. The number of carboxylic acids is 1. The maximum absolute atomic E-state index is 12.8. The Morgan fingerprint density at radius 1 is 1.29 bits per heavy atom. The zero-order valence-electron chi connectivity index (χ0n) is 13.2. The quantitative estimate of drug-likeness (QED) is 0.686. The summed E-state index contributed by atoms with van der Waals surface area (Å²) >= 11 is 6.33. The molecular weight excluding hydrogens is 332 g/mol. The van der Waals surface area contributed by atoms with E-state index in [4.69, 9.17) is 21.2 Å². The van der Waals surface area contributed by atoms with E-state index in [1.807, 2.05) is 6.07 Å². The third-order valence-corrected chi connectivity index (χ3v) is 4.43. The largest absolute Gasteiger partial charge is 0.481 e. The van der Waals surface area contributed by atoms with Gasteiger partial charge in [0.05, 0.1) is 10.5 Å². The lowest BCUT2D eigenvalue weighted by Crippen LogP contribution is -2.21. The number of hydrogen-bond acceptors (Lipinski definition) is 4. The molecule has 3 aromatic rings. The van der Waals surface area contributed by atoms with Gasteiger partial charge in [-0.3, -0.25) is 9.59 Å². The maximum Gasteiger partial charge on any atom is 0.303 e. The molecule has 0 spiro atoms. The van der Waals surface area contributed by atoms with Crippen LogP contribution >= 0.6 is 11.6 Å². The van der Waals surface area contributed by atoms with E-state index in [0.717, 1.165) is 6.42 Å². The van der Waals surface area contributed by atoms with E-state index < -0.39 is 5.97 Å². The van der Waals surface area contributed by atoms with Crippen molar-refractivity contribution in [2.24, 2.45) is 0 Å². The number of aromatic nitrogens is 2. The summed E-state index contributed by atoms with van der Waals surface area (Å²) in [6, 6.07) is 5.39. The van der Waals surface area contributed by atoms with Crippen molar-refractivity contribution >= 4 is 39.4 Å². The number of hydrogen-bond donors (Lipinski definition) is 1. The fraction of sp³-hybridized carbons (Fsp3) is 0.353. The lowest BCUT2D eigenvalue weighted by Gasteiger charge is -2.11. The smallest absolute Gasteiger partial charge is 0.303 e. The standard InChI is InChI=1S/C17H17ClN2O4/c1-10-14-16(19-24-10)15-11(18)6-5-7-12(15)20(17(14)23)9-4-2-3-8-13(21)22/h5-7H,2-4,8-9H2,1H3,(H,21,22). The van der Waals surface area contributed by atoms with Crippen LogP contribution in [0.4, 0.5) is 0 Å². The molecule has 126 valence electrons. The van der Waals surface area contributed by atoms with Crippen LogP contribution in [0, 0.1) is 6.92 Å². The molecule has 0 fully saturated rings. The van der Waals surface area contributed by atoms with E-state index in [1.165, 1.54) is 0 Å². The van der Waals surface area contributed by atoms with Crippen molar-refractivity contribution in [2.45, 2.75) is 39.2 Å². The van der Waals surface area contributed by atoms with Gasteiger partial charge in [0.1, 0.15) is 16.7 Å². The van der Waals surface area contributed by atoms with Gasteiger partial charge in [-0.05, 0) is 31.9 Å². The van der Waals surface area contributed by atoms with E-state index in [1.54, 1.807) is 23.6 Å². The van der Waals surface area contributed by atoms with Crippen LogP contribution < -0.4 is 5.56 Å². The average Bonchev–Trinajstić information content (AvgIpc) is 2.91. The first kappa shape index (κ1) is 16.5. The number of carboxylic acid groups (broad SMARTS) is 1. The summed E-state index contributed by atoms with van der Waals surface area (Å²) in [5, 5.41) is 14.4. The fourth-order valence-corrected chi connectivity index (χ4v) is 3.22. The molecule has 0 aliphatic heterocycles. The fourth-order valence-electron chi connectivity index (χ4n) is 2.96. The van der Waals surface area contributed by atoms with Gasteiger partial charge in [0.2, 0.25) is 0 Å². The number of fused-ring (bicyclic) bond motifs is 3. The van der Waals surface area contributed by atoms with E-state index in [0.29, 0.717) is 52.0 Å². The van der Waals surface area contributed by atoms with Crippen LogP contribution in [0.25, 0.3) is 21.8 Å². The Morgan fingerprint density at radius 2 is 2.08 bits per heavy atom. The molecule has 2 aromatic heterocycles. The van der Waals surface area contributed by atoms with Crippen LogP contribution in [0.15, 0.2) is 27.5 Å². The molecule has 0 saturated heterocycles. The molecule has 7 heteroatoms. The third-order valence-electron chi connectivity index (χ3n) is 4.11. The van der Waals surface area contributed by atoms with E-state index in [9.17, 15) is 9.59 Å². The van der Waals surface area contributed by atoms with Crippen molar-refractivity contribution in [1.29, 1.82) is 0 Å². The lowest BCUT2D eigenvalue weighted by atomic mass is 10.1. The van der Waals surface area contributed by atoms with Gasteiger partial charge < -0.3 is 14.2 Å². The molecule has 1 N–H and O–H groups in total. The van der Waals surface area contributed by atoms with Crippen LogP contribution in [-0.2, 0) is 11.3 Å². The van der Waals surface area contributed by atoms with Crippen LogP contribution in [-0.4, -0.2) is 20.8 Å². The maximum atomic E-state index is 12.8. The second-order valence-electron chi connectivity index (χ2n) is 5.76. The third kappa shape index (κ3) is 2.89. The average molecular weight is 349 g/mol. The molecule has 2 heterocycles. The first-order valence-corrected chi connectivity index (χ1v) is 8.17. The number of aliphatic carboxylic acids is 1. The molecule has 1 aromatic carbocycles. The SMILES string of the molecule is Cc1onc2c1c(=O)n(CCCCCC(=O)O)c1cccc(Cl)c21. The zero-order valence-corrected chi connectivity index (χ0v) is 14.0. The minimum Gasteiger partial charge on any atom is -0.481 e. The minimum atomic E-state index is -0.800. The highest BCUT2D eigenvalue weighted by Gasteiger charge is 2.18. The highest BCUT2D eigenvalue weighted by Crippen LogP contribution is 2.30. The van der Waals surface area contributed by atoms with Crippen LogP contribution in [0.2, 0.25) is 5.02 Å². The Kier molecular flexibility index (Phi) is 4.57. The van der Waals surface area contributed by atoms with E-state index in [2.05, 4.69) is 5.16 Å². The Bertz CT molecular complexity index is 974. The molecule has 0 aliphatic rings. The second-order valence-corrected chi connectivity index (χ2v) is 6.16. The van der Waals surface area contributed by atoms with Gasteiger partial charge in [-0.15, -0.1) is 0 Å². The molecule has 6 nitrogen and oxygen atoms in total. The molecule has 0 bridgehead atoms. The van der Waals surface area contributed by atoms with Crippen LogP contribution in [0.1, 0.15) is 31.4 Å². The summed E-state index contributed by atoms with van der Waals surface area (Å²) in [6.45, 7) is 2.20. The molecule has 0 saturated carbocycles. The van der Waals surface area contributed by atoms with Gasteiger partial charge in [0.25, 0.3) is 5.56 Å². The predicted molar refractivity (Wildman–Crippen MR) is 91.6 cm³/mol. The zero-order chi connectivity index (χ0) is 17.3. The Balaban J connectivity index is 2.03. The molecule has 0 atom stereocenters. The lowest BCUT2D eigenvalue weighted by molar-refractivity contribution is -0.137. The molecule has 0 aliphatic carbocycles. The number of benzene rings is 1. The van der Waals surface area contributed by atoms with Gasteiger partial charge >= 0.3 is 5.97 Å². The summed E-state index contributed by atoms with van der Waals surface area (Å²) in [6.07, 6.45) is 2.19. The predicted octanol–water partition coefficient (Wildman–Crippen LogP) is 3.75. The molecule has 0 amide bonds. The van der Waals surface area contributed by atoms with Crippen molar-refractivity contribution in [3.63, 3.8) is 0 Å². The summed E-state index contributed by atoms with van der Waals surface area (Å²) in [4.78, 5) is 23.4. The summed E-state index contributed by atoms with van der Waals surface area (Å²) < 4.78 is 6.87. The molecule has 0 radical (unpaired) electrons. The second kappa shape index (κ2) is 6.65.